The minimum atomic E-state index is -0.193. The first-order chi connectivity index (χ1) is 13.0. The Morgan fingerprint density at radius 3 is 2.56 bits per heavy atom. The second-order valence-electron chi connectivity index (χ2n) is 6.91. The molecule has 0 saturated carbocycles. The summed E-state index contributed by atoms with van der Waals surface area (Å²) in [4.78, 5) is 12.3. The fraction of sp³-hybridized carbons (Fsp3) is 0.273. The highest BCUT2D eigenvalue weighted by molar-refractivity contribution is 5.89. The molecular formula is C22H26N4O. The lowest BCUT2D eigenvalue weighted by molar-refractivity contribution is 0.248. The minimum absolute atomic E-state index is 0.0874. The van der Waals surface area contributed by atoms with E-state index in [0.29, 0.717) is 0 Å². The van der Waals surface area contributed by atoms with Gasteiger partial charge in [-0.15, -0.1) is 0 Å². The van der Waals surface area contributed by atoms with E-state index in [9.17, 15) is 4.79 Å². The molecule has 2 aromatic carbocycles. The van der Waals surface area contributed by atoms with Crippen LogP contribution in [0, 0.1) is 13.8 Å². The molecule has 0 spiro atoms. The number of urea groups is 1. The topological polar surface area (TPSA) is 59.0 Å². The highest BCUT2D eigenvalue weighted by Crippen LogP contribution is 2.17. The highest BCUT2D eigenvalue weighted by Gasteiger charge is 2.09. The van der Waals surface area contributed by atoms with Gasteiger partial charge in [-0.3, -0.25) is 0 Å². The van der Waals surface area contributed by atoms with Crippen LogP contribution in [0.3, 0.4) is 0 Å². The second kappa shape index (κ2) is 8.54. The Kier molecular flexibility index (Phi) is 5.91. The molecule has 0 aliphatic carbocycles. The van der Waals surface area contributed by atoms with Gasteiger partial charge in [-0.2, -0.15) is 5.10 Å². The van der Waals surface area contributed by atoms with Gasteiger partial charge in [-0.05, 0) is 63.4 Å². The maximum Gasteiger partial charge on any atom is 0.319 e. The Bertz CT molecular complexity index is 902. The molecule has 0 radical (unpaired) electrons. The summed E-state index contributed by atoms with van der Waals surface area (Å²) in [7, 11) is 0. The monoisotopic (exact) mass is 362 g/mol. The van der Waals surface area contributed by atoms with Gasteiger partial charge in [0.1, 0.15) is 0 Å². The van der Waals surface area contributed by atoms with Crippen LogP contribution in [0.1, 0.15) is 30.3 Å². The van der Waals surface area contributed by atoms with Gasteiger partial charge in [0, 0.05) is 17.4 Å². The molecule has 5 heteroatoms. The number of hydrogen-bond acceptors (Lipinski definition) is 2. The van der Waals surface area contributed by atoms with Gasteiger partial charge in [0.2, 0.25) is 0 Å². The fourth-order valence-electron chi connectivity index (χ4n) is 3.10. The molecule has 0 fully saturated rings. The Morgan fingerprint density at radius 1 is 1.07 bits per heavy atom. The average molecular weight is 362 g/mol. The standard InChI is InChI=1S/C22H26N4O/c1-16(12-13-19-8-5-4-6-9-19)23-22(27)24-20-10-7-11-21(15-20)26-18(3)14-17(2)25-26/h4-11,14-16H,12-13H2,1-3H3,(H2,23,24,27). The smallest absolute Gasteiger partial charge is 0.319 e. The van der Waals surface area contributed by atoms with Gasteiger partial charge in [0.25, 0.3) is 0 Å². The minimum Gasteiger partial charge on any atom is -0.335 e. The van der Waals surface area contributed by atoms with Gasteiger partial charge in [0.15, 0.2) is 0 Å². The van der Waals surface area contributed by atoms with Crippen molar-refractivity contribution in [2.45, 2.75) is 39.7 Å². The van der Waals surface area contributed by atoms with Gasteiger partial charge < -0.3 is 10.6 Å². The summed E-state index contributed by atoms with van der Waals surface area (Å²) >= 11 is 0. The van der Waals surface area contributed by atoms with E-state index >= 15 is 0 Å². The predicted molar refractivity (Wildman–Crippen MR) is 109 cm³/mol. The summed E-state index contributed by atoms with van der Waals surface area (Å²) in [5, 5.41) is 10.4. The Hall–Kier alpha value is -3.08. The van der Waals surface area contributed by atoms with E-state index in [-0.39, 0.29) is 12.1 Å². The number of carbonyl (C=O) groups is 1. The molecule has 140 valence electrons. The summed E-state index contributed by atoms with van der Waals surface area (Å²) in [6.07, 6.45) is 1.83. The van der Waals surface area contributed by atoms with Crippen molar-refractivity contribution in [1.29, 1.82) is 0 Å². The normalized spacial score (nSPS) is 11.8. The first kappa shape index (κ1) is 18.7. The average Bonchev–Trinajstić information content (AvgIpc) is 2.99. The maximum atomic E-state index is 12.3. The van der Waals surface area contributed by atoms with Crippen LogP contribution in [0.25, 0.3) is 5.69 Å². The lowest BCUT2D eigenvalue weighted by Gasteiger charge is -2.15. The van der Waals surface area contributed by atoms with Crippen LogP contribution in [0.5, 0.6) is 0 Å². The molecule has 3 aromatic rings. The molecule has 27 heavy (non-hydrogen) atoms. The summed E-state index contributed by atoms with van der Waals surface area (Å²) in [5.74, 6) is 0. The first-order valence-electron chi connectivity index (χ1n) is 9.26. The zero-order chi connectivity index (χ0) is 19.2. The van der Waals surface area contributed by atoms with Crippen molar-refractivity contribution in [1.82, 2.24) is 15.1 Å². The Morgan fingerprint density at radius 2 is 1.85 bits per heavy atom. The molecular weight excluding hydrogens is 336 g/mol. The fourth-order valence-corrected chi connectivity index (χ4v) is 3.10. The van der Waals surface area contributed by atoms with Crippen LogP contribution in [0.15, 0.2) is 60.7 Å². The molecule has 0 aliphatic rings. The molecule has 0 aliphatic heterocycles. The molecule has 0 bridgehead atoms. The van der Waals surface area contributed by atoms with E-state index in [1.54, 1.807) is 0 Å². The van der Waals surface area contributed by atoms with E-state index in [1.165, 1.54) is 5.56 Å². The van der Waals surface area contributed by atoms with Gasteiger partial charge in [-0.1, -0.05) is 36.4 Å². The second-order valence-corrected chi connectivity index (χ2v) is 6.91. The van der Waals surface area contributed by atoms with Crippen molar-refractivity contribution in [3.05, 3.63) is 77.6 Å². The number of nitrogens with one attached hydrogen (secondary N) is 2. The molecule has 2 amide bonds. The van der Waals surface area contributed by atoms with Crippen molar-refractivity contribution in [3.63, 3.8) is 0 Å². The molecule has 5 nitrogen and oxygen atoms in total. The maximum absolute atomic E-state index is 12.3. The van der Waals surface area contributed by atoms with E-state index in [2.05, 4.69) is 27.9 Å². The number of carbonyl (C=O) groups excluding carboxylic acids is 1. The molecule has 0 saturated heterocycles. The summed E-state index contributed by atoms with van der Waals surface area (Å²) in [6.45, 7) is 6.01. The van der Waals surface area contributed by atoms with E-state index in [4.69, 9.17) is 0 Å². The van der Waals surface area contributed by atoms with Crippen LogP contribution >= 0.6 is 0 Å². The quantitative estimate of drug-likeness (QED) is 0.671. The SMILES string of the molecule is Cc1cc(C)n(-c2cccc(NC(=O)NC(C)CCc3ccccc3)c2)n1. The van der Waals surface area contributed by atoms with Crippen LogP contribution in [-0.2, 0) is 6.42 Å². The zero-order valence-corrected chi connectivity index (χ0v) is 16.1. The van der Waals surface area contributed by atoms with E-state index in [0.717, 1.165) is 35.6 Å². The number of rotatable bonds is 6. The number of anilines is 1. The predicted octanol–water partition coefficient (Wildman–Crippen LogP) is 4.63. The Balaban J connectivity index is 1.56. The van der Waals surface area contributed by atoms with Crippen molar-refractivity contribution in [2.75, 3.05) is 5.32 Å². The number of benzene rings is 2. The summed E-state index contributed by atoms with van der Waals surface area (Å²) in [5.41, 5.74) is 4.98. The lowest BCUT2D eigenvalue weighted by Crippen LogP contribution is -2.36. The molecule has 1 heterocycles. The van der Waals surface area contributed by atoms with Crippen LogP contribution in [0.4, 0.5) is 10.5 Å². The summed E-state index contributed by atoms with van der Waals surface area (Å²) < 4.78 is 1.88. The van der Waals surface area contributed by atoms with Gasteiger partial charge in [0.05, 0.1) is 11.4 Å². The third-order valence-corrected chi connectivity index (χ3v) is 4.44. The first-order valence-corrected chi connectivity index (χ1v) is 9.26. The lowest BCUT2D eigenvalue weighted by atomic mass is 10.1. The molecule has 3 rings (SSSR count). The number of aryl methyl sites for hydroxylation is 3. The number of amides is 2. The molecule has 1 atom stereocenters. The van der Waals surface area contributed by atoms with E-state index in [1.807, 2.05) is 74.0 Å². The Labute approximate surface area is 160 Å². The third-order valence-electron chi connectivity index (χ3n) is 4.44. The van der Waals surface area contributed by atoms with Crippen LogP contribution in [-0.4, -0.2) is 21.9 Å². The number of nitrogens with zero attached hydrogens (tertiary/aromatic N) is 2. The van der Waals surface area contributed by atoms with E-state index < -0.39 is 0 Å². The van der Waals surface area contributed by atoms with Crippen molar-refractivity contribution in [3.8, 4) is 5.69 Å². The third kappa shape index (κ3) is 5.20. The van der Waals surface area contributed by atoms with Crippen LogP contribution < -0.4 is 10.6 Å². The van der Waals surface area contributed by atoms with Crippen molar-refractivity contribution in [2.24, 2.45) is 0 Å². The summed E-state index contributed by atoms with van der Waals surface area (Å²) in [6, 6.07) is 19.9. The van der Waals surface area contributed by atoms with Crippen molar-refractivity contribution < 1.29 is 4.79 Å². The molecule has 2 N–H and O–H groups in total. The molecule has 1 aromatic heterocycles. The number of hydrogen-bond donors (Lipinski definition) is 2. The largest absolute Gasteiger partial charge is 0.335 e. The van der Waals surface area contributed by atoms with Crippen LogP contribution in [0.2, 0.25) is 0 Å². The molecule has 1 unspecified atom stereocenters. The number of aromatic nitrogens is 2. The van der Waals surface area contributed by atoms with Gasteiger partial charge in [-0.25, -0.2) is 9.48 Å². The highest BCUT2D eigenvalue weighted by atomic mass is 16.2. The zero-order valence-electron chi connectivity index (χ0n) is 16.1. The van der Waals surface area contributed by atoms with Gasteiger partial charge >= 0.3 is 6.03 Å². The van der Waals surface area contributed by atoms with Crippen molar-refractivity contribution >= 4 is 11.7 Å².